The third-order valence-electron chi connectivity index (χ3n) is 6.61. The number of hydrogen-bond donors (Lipinski definition) is 0. The Morgan fingerprint density at radius 1 is 0.886 bits per heavy atom. The van der Waals surface area contributed by atoms with Gasteiger partial charge in [-0.1, -0.05) is 29.8 Å². The van der Waals surface area contributed by atoms with Crippen molar-refractivity contribution < 1.29 is 17.9 Å². The van der Waals surface area contributed by atoms with Crippen LogP contribution in [0.15, 0.2) is 60.8 Å². The average molecular weight is 513 g/mol. The Labute approximate surface area is 209 Å². The van der Waals surface area contributed by atoms with Crippen LogP contribution in [0.2, 0.25) is 5.02 Å². The fourth-order valence-electron chi connectivity index (χ4n) is 4.55. The predicted molar refractivity (Wildman–Crippen MR) is 133 cm³/mol. The van der Waals surface area contributed by atoms with Crippen LogP contribution < -0.4 is 4.73 Å². The van der Waals surface area contributed by atoms with E-state index in [1.54, 1.807) is 42.2 Å². The number of carbonyl (C=O) groups excluding carboxylic acids is 1. The second kappa shape index (κ2) is 9.23. The van der Waals surface area contributed by atoms with Gasteiger partial charge in [0.2, 0.25) is 0 Å². The van der Waals surface area contributed by atoms with E-state index < -0.39 is 10.2 Å². The highest BCUT2D eigenvalue weighted by atomic mass is 35.5. The second-order valence-electron chi connectivity index (χ2n) is 8.84. The van der Waals surface area contributed by atoms with Gasteiger partial charge in [-0.15, -0.1) is 0 Å². The smallest absolute Gasteiger partial charge is 0.282 e. The van der Waals surface area contributed by atoms with Crippen molar-refractivity contribution in [1.82, 2.24) is 13.5 Å². The first-order chi connectivity index (χ1) is 16.7. The van der Waals surface area contributed by atoms with Crippen molar-refractivity contribution in [3.05, 3.63) is 93.4 Å². The number of amides is 1. The lowest BCUT2D eigenvalue weighted by Gasteiger charge is -2.35. The first kappa shape index (κ1) is 23.7. The molecule has 2 aliphatic rings. The Balaban J connectivity index is 1.21. The van der Waals surface area contributed by atoms with Crippen molar-refractivity contribution in [2.24, 2.45) is 0 Å². The normalized spacial score (nSPS) is 16.9. The molecule has 3 aromatic rings. The minimum atomic E-state index is -3.64. The molecule has 1 amide bonds. The first-order valence-electron chi connectivity index (χ1n) is 11.3. The van der Waals surface area contributed by atoms with Crippen molar-refractivity contribution in [2.45, 2.75) is 20.0 Å². The number of fused-ring (bicyclic) bond motifs is 1. The van der Waals surface area contributed by atoms with Crippen molar-refractivity contribution >= 4 is 27.7 Å². The predicted octanol–water partition coefficient (Wildman–Crippen LogP) is 2.97. The van der Waals surface area contributed by atoms with Gasteiger partial charge < -0.3 is 10.1 Å². The van der Waals surface area contributed by atoms with Gasteiger partial charge in [0.05, 0.1) is 0 Å². The van der Waals surface area contributed by atoms with E-state index in [9.17, 15) is 18.4 Å². The third kappa shape index (κ3) is 4.64. The van der Waals surface area contributed by atoms with Gasteiger partial charge >= 0.3 is 0 Å². The lowest BCUT2D eigenvalue weighted by Crippen LogP contribution is -2.53. The Bertz CT molecular complexity index is 1390. The zero-order valence-corrected chi connectivity index (χ0v) is 20.8. The number of halogens is 1. The van der Waals surface area contributed by atoms with E-state index in [0.717, 1.165) is 27.0 Å². The lowest BCUT2D eigenvalue weighted by molar-refractivity contribution is -0.612. The molecule has 1 saturated heterocycles. The minimum absolute atomic E-state index is 0.126. The number of piperazine rings is 1. The van der Waals surface area contributed by atoms with Crippen molar-refractivity contribution in [3.63, 3.8) is 0 Å². The molecule has 2 aliphatic heterocycles. The summed E-state index contributed by atoms with van der Waals surface area (Å²) in [7, 11) is -3.64. The van der Waals surface area contributed by atoms with Crippen LogP contribution in [0.4, 0.5) is 0 Å². The van der Waals surface area contributed by atoms with Gasteiger partial charge in [-0.3, -0.25) is 4.79 Å². The molecule has 0 atom stereocenters. The molecule has 5 rings (SSSR count). The van der Waals surface area contributed by atoms with E-state index >= 15 is 0 Å². The Kier molecular flexibility index (Phi) is 6.27. The number of carbonyl (C=O) groups is 1. The molecule has 3 heterocycles. The molecule has 35 heavy (non-hydrogen) atoms. The largest absolute Gasteiger partial charge is 0.619 e. The molecule has 182 valence electrons. The van der Waals surface area contributed by atoms with Crippen LogP contribution in [0, 0.1) is 12.1 Å². The van der Waals surface area contributed by atoms with Crippen molar-refractivity contribution in [2.75, 3.05) is 26.2 Å². The summed E-state index contributed by atoms with van der Waals surface area (Å²) >= 11 is 6.05. The SMILES string of the molecule is Cc1cc(-c2ccc(C(=O)N3CCN(S(=O)(=O)N4Cc5ccc(Cl)cc5C4)CC3)cc2)cc[n+]1[O-]. The molecular formula is C25H25ClN4O4S. The standard InChI is InChI=1S/C25H25ClN4O4S/c1-18-14-21(8-9-30(18)32)19-2-4-20(5-3-19)25(31)27-10-12-28(13-11-27)35(33,34)29-16-22-6-7-24(26)15-23(22)17-29/h2-9,14-15H,10-13,16-17H2,1H3. The second-order valence-corrected chi connectivity index (χ2v) is 11.2. The summed E-state index contributed by atoms with van der Waals surface area (Å²) < 4.78 is 30.1. The molecule has 0 bridgehead atoms. The summed E-state index contributed by atoms with van der Waals surface area (Å²) in [5.74, 6) is -0.126. The topological polar surface area (TPSA) is 87.9 Å². The number of rotatable bonds is 4. The monoisotopic (exact) mass is 512 g/mol. The molecule has 0 spiro atoms. The van der Waals surface area contributed by atoms with E-state index in [0.29, 0.717) is 42.5 Å². The Morgan fingerprint density at radius 3 is 2.26 bits per heavy atom. The third-order valence-corrected chi connectivity index (χ3v) is 8.77. The van der Waals surface area contributed by atoms with Gasteiger partial charge in [-0.25, -0.2) is 0 Å². The zero-order chi connectivity index (χ0) is 24.7. The molecule has 1 aromatic heterocycles. The molecule has 8 nitrogen and oxygen atoms in total. The van der Waals surface area contributed by atoms with Crippen LogP contribution in [0.3, 0.4) is 0 Å². The minimum Gasteiger partial charge on any atom is -0.619 e. The summed E-state index contributed by atoms with van der Waals surface area (Å²) in [6.45, 7) is 3.53. The van der Waals surface area contributed by atoms with E-state index in [2.05, 4.69) is 0 Å². The highest BCUT2D eigenvalue weighted by Gasteiger charge is 2.36. The Hall–Kier alpha value is -2.98. The maximum absolute atomic E-state index is 13.2. The molecule has 0 radical (unpaired) electrons. The molecule has 0 N–H and O–H groups in total. The van der Waals surface area contributed by atoms with Crippen LogP contribution in [-0.2, 0) is 23.3 Å². The van der Waals surface area contributed by atoms with E-state index in [-0.39, 0.29) is 19.0 Å². The average Bonchev–Trinajstić information content (AvgIpc) is 3.30. The highest BCUT2D eigenvalue weighted by molar-refractivity contribution is 7.86. The fourth-order valence-corrected chi connectivity index (χ4v) is 6.30. The zero-order valence-electron chi connectivity index (χ0n) is 19.2. The summed E-state index contributed by atoms with van der Waals surface area (Å²) in [5, 5.41) is 12.2. The first-order valence-corrected chi connectivity index (χ1v) is 13.1. The van der Waals surface area contributed by atoms with Crippen LogP contribution in [-0.4, -0.2) is 54.0 Å². The van der Waals surface area contributed by atoms with Gasteiger partial charge in [0.1, 0.15) is 0 Å². The van der Waals surface area contributed by atoms with Crippen molar-refractivity contribution in [3.8, 4) is 11.1 Å². The van der Waals surface area contributed by atoms with Gasteiger partial charge in [0.15, 0.2) is 11.9 Å². The maximum Gasteiger partial charge on any atom is 0.282 e. The van der Waals surface area contributed by atoms with E-state index in [4.69, 9.17) is 11.6 Å². The number of benzene rings is 2. The highest BCUT2D eigenvalue weighted by Crippen LogP contribution is 2.29. The summed E-state index contributed by atoms with van der Waals surface area (Å²) in [5.41, 5.74) is 4.85. The molecule has 0 saturated carbocycles. The maximum atomic E-state index is 13.2. The number of pyridine rings is 1. The number of aryl methyl sites for hydroxylation is 1. The van der Waals surface area contributed by atoms with Crippen LogP contribution in [0.5, 0.6) is 0 Å². The van der Waals surface area contributed by atoms with Gasteiger partial charge in [-0.2, -0.15) is 21.8 Å². The van der Waals surface area contributed by atoms with Crippen LogP contribution >= 0.6 is 11.6 Å². The summed E-state index contributed by atoms with van der Waals surface area (Å²) in [4.78, 5) is 14.7. The molecule has 0 aliphatic carbocycles. The molecule has 0 unspecified atom stereocenters. The molecule has 1 fully saturated rings. The molecular weight excluding hydrogens is 488 g/mol. The quantitative estimate of drug-likeness (QED) is 0.397. The summed E-state index contributed by atoms with van der Waals surface area (Å²) in [6.07, 6.45) is 1.47. The fraction of sp³-hybridized carbons (Fsp3) is 0.280. The Morgan fingerprint density at radius 2 is 1.57 bits per heavy atom. The van der Waals surface area contributed by atoms with Crippen LogP contribution in [0.1, 0.15) is 27.2 Å². The number of aromatic nitrogens is 1. The van der Waals surface area contributed by atoms with Gasteiger partial charge in [0.25, 0.3) is 16.1 Å². The van der Waals surface area contributed by atoms with E-state index in [1.165, 1.54) is 14.8 Å². The number of hydrogen-bond acceptors (Lipinski definition) is 4. The van der Waals surface area contributed by atoms with Gasteiger partial charge in [0, 0.05) is 68.9 Å². The van der Waals surface area contributed by atoms with Crippen LogP contribution in [0.25, 0.3) is 11.1 Å². The molecule has 2 aromatic carbocycles. The van der Waals surface area contributed by atoms with Gasteiger partial charge in [-0.05, 0) is 46.5 Å². The summed E-state index contributed by atoms with van der Waals surface area (Å²) in [6, 6.07) is 16.2. The molecule has 10 heteroatoms. The number of nitrogens with zero attached hydrogens (tertiary/aromatic N) is 4. The lowest BCUT2D eigenvalue weighted by atomic mass is 10.0. The van der Waals surface area contributed by atoms with Crippen molar-refractivity contribution in [1.29, 1.82) is 0 Å². The van der Waals surface area contributed by atoms with E-state index in [1.807, 2.05) is 24.3 Å².